The van der Waals surface area contributed by atoms with Crippen LogP contribution in [0.5, 0.6) is 0 Å². The molecule has 0 radical (unpaired) electrons. The van der Waals surface area contributed by atoms with Crippen LogP contribution in [-0.4, -0.2) is 54.0 Å². The number of piperazine rings is 1. The second kappa shape index (κ2) is 7.72. The van der Waals surface area contributed by atoms with Gasteiger partial charge in [0.05, 0.1) is 18.1 Å². The molecular weight excluding hydrogens is 322 g/mol. The molecule has 6 nitrogen and oxygen atoms in total. The molecule has 0 saturated carbocycles. The lowest BCUT2D eigenvalue weighted by atomic mass is 10.2. The molecule has 1 N–H and O–H groups in total. The Morgan fingerprint density at radius 2 is 1.96 bits per heavy atom. The fraction of sp³-hybridized carbons (Fsp3) is 0.471. The molecule has 0 spiro atoms. The molecule has 0 aromatic carbocycles. The Morgan fingerprint density at radius 1 is 1.25 bits per heavy atom. The second-order valence-corrected chi connectivity index (χ2v) is 7.14. The first kappa shape index (κ1) is 16.9. The summed E-state index contributed by atoms with van der Waals surface area (Å²) >= 11 is 1.70. The summed E-state index contributed by atoms with van der Waals surface area (Å²) in [6.07, 6.45) is 4.63. The van der Waals surface area contributed by atoms with Crippen molar-refractivity contribution in [3.63, 3.8) is 0 Å². The highest BCUT2D eigenvalue weighted by Gasteiger charge is 2.16. The zero-order chi connectivity index (χ0) is 16.9. The number of carbonyl (C=O) groups excluding carboxylic acids is 1. The van der Waals surface area contributed by atoms with E-state index in [2.05, 4.69) is 50.5 Å². The van der Waals surface area contributed by atoms with Gasteiger partial charge in [0, 0.05) is 37.5 Å². The normalized spacial score (nSPS) is 15.5. The van der Waals surface area contributed by atoms with Crippen molar-refractivity contribution in [1.82, 2.24) is 14.9 Å². The van der Waals surface area contributed by atoms with Crippen molar-refractivity contribution >= 4 is 28.9 Å². The first-order valence-corrected chi connectivity index (χ1v) is 9.08. The number of rotatable bonds is 5. The Bertz CT molecular complexity index is 677. The van der Waals surface area contributed by atoms with E-state index in [1.54, 1.807) is 23.7 Å². The van der Waals surface area contributed by atoms with Gasteiger partial charge in [-0.15, -0.1) is 11.3 Å². The molecule has 128 valence electrons. The Balaban J connectivity index is 1.50. The predicted octanol–water partition coefficient (Wildman–Crippen LogP) is 2.17. The van der Waals surface area contributed by atoms with Crippen LogP contribution in [-0.2, 0) is 11.2 Å². The average Bonchev–Trinajstić information content (AvgIpc) is 3.00. The fourth-order valence-corrected chi connectivity index (χ4v) is 3.58. The third-order valence-corrected chi connectivity index (χ3v) is 5.34. The number of hydrogen-bond donors (Lipinski definition) is 1. The smallest absolute Gasteiger partial charge is 0.225 e. The molecule has 1 saturated heterocycles. The largest absolute Gasteiger partial charge is 0.338 e. The van der Waals surface area contributed by atoms with Gasteiger partial charge in [-0.05, 0) is 37.4 Å². The number of anilines is 2. The summed E-state index contributed by atoms with van der Waals surface area (Å²) in [6, 6.07) is 2.09. The molecule has 3 heterocycles. The van der Waals surface area contributed by atoms with Gasteiger partial charge in [0.2, 0.25) is 11.9 Å². The van der Waals surface area contributed by atoms with Crippen LogP contribution in [0.2, 0.25) is 0 Å². The molecule has 0 bridgehead atoms. The minimum atomic E-state index is -0.00116. The van der Waals surface area contributed by atoms with E-state index in [1.807, 2.05) is 0 Å². The summed E-state index contributed by atoms with van der Waals surface area (Å²) < 4.78 is 0. The molecule has 1 amide bonds. The van der Waals surface area contributed by atoms with Gasteiger partial charge in [0.15, 0.2) is 0 Å². The van der Waals surface area contributed by atoms with E-state index < -0.39 is 0 Å². The number of carbonyl (C=O) groups is 1. The molecule has 0 aliphatic carbocycles. The van der Waals surface area contributed by atoms with Crippen LogP contribution in [0.3, 0.4) is 0 Å². The molecule has 2 aromatic heterocycles. The Labute approximate surface area is 146 Å². The van der Waals surface area contributed by atoms with Gasteiger partial charge in [-0.25, -0.2) is 9.97 Å². The molecule has 1 aliphatic heterocycles. The molecule has 7 heteroatoms. The summed E-state index contributed by atoms with van der Waals surface area (Å²) in [5.74, 6) is 0.731. The Morgan fingerprint density at radius 3 is 2.58 bits per heavy atom. The monoisotopic (exact) mass is 345 g/mol. The first-order chi connectivity index (χ1) is 11.6. The standard InChI is InChI=1S/C17H23N5OS/c1-13-5-10-24-15(13)3-4-16(23)20-14-11-18-17(19-12-14)22-8-6-21(2)7-9-22/h5,10-12H,3-4,6-9H2,1-2H3,(H,20,23). The van der Waals surface area contributed by atoms with Gasteiger partial charge in [-0.2, -0.15) is 0 Å². The van der Waals surface area contributed by atoms with Crippen LogP contribution in [0.1, 0.15) is 16.9 Å². The zero-order valence-electron chi connectivity index (χ0n) is 14.2. The van der Waals surface area contributed by atoms with E-state index in [0.717, 1.165) is 38.5 Å². The van der Waals surface area contributed by atoms with E-state index in [9.17, 15) is 4.79 Å². The highest BCUT2D eigenvalue weighted by atomic mass is 32.1. The number of nitrogens with one attached hydrogen (secondary N) is 1. The number of hydrogen-bond acceptors (Lipinski definition) is 6. The quantitative estimate of drug-likeness (QED) is 0.900. The molecule has 1 aliphatic rings. The Hall–Kier alpha value is -1.99. The number of thiophene rings is 1. The first-order valence-electron chi connectivity index (χ1n) is 8.20. The topological polar surface area (TPSA) is 61.4 Å². The number of amides is 1. The van der Waals surface area contributed by atoms with Crippen molar-refractivity contribution in [3.8, 4) is 0 Å². The zero-order valence-corrected chi connectivity index (χ0v) is 15.0. The van der Waals surface area contributed by atoms with Crippen molar-refractivity contribution < 1.29 is 4.79 Å². The van der Waals surface area contributed by atoms with Crippen molar-refractivity contribution in [2.45, 2.75) is 19.8 Å². The van der Waals surface area contributed by atoms with Crippen LogP contribution >= 0.6 is 11.3 Å². The van der Waals surface area contributed by atoms with Crippen LogP contribution in [0.4, 0.5) is 11.6 Å². The predicted molar refractivity (Wildman–Crippen MR) is 97.7 cm³/mol. The van der Waals surface area contributed by atoms with E-state index in [-0.39, 0.29) is 5.91 Å². The van der Waals surface area contributed by atoms with E-state index >= 15 is 0 Å². The number of nitrogens with zero attached hydrogens (tertiary/aromatic N) is 4. The molecule has 2 aromatic rings. The van der Waals surface area contributed by atoms with Crippen LogP contribution in [0, 0.1) is 6.92 Å². The number of likely N-dealkylation sites (N-methyl/N-ethyl adjacent to an activating group) is 1. The van der Waals surface area contributed by atoms with Gasteiger partial charge in [-0.1, -0.05) is 0 Å². The summed E-state index contributed by atoms with van der Waals surface area (Å²) in [7, 11) is 2.12. The molecule has 3 rings (SSSR count). The van der Waals surface area contributed by atoms with Crippen molar-refractivity contribution in [2.24, 2.45) is 0 Å². The lowest BCUT2D eigenvalue weighted by Gasteiger charge is -2.32. The lowest BCUT2D eigenvalue weighted by Crippen LogP contribution is -2.45. The highest BCUT2D eigenvalue weighted by Crippen LogP contribution is 2.18. The maximum Gasteiger partial charge on any atom is 0.225 e. The lowest BCUT2D eigenvalue weighted by molar-refractivity contribution is -0.116. The molecule has 0 atom stereocenters. The third-order valence-electron chi connectivity index (χ3n) is 4.26. The van der Waals surface area contributed by atoms with Crippen molar-refractivity contribution in [3.05, 3.63) is 34.3 Å². The molecule has 1 fully saturated rings. The van der Waals surface area contributed by atoms with Crippen LogP contribution in [0.25, 0.3) is 0 Å². The fourth-order valence-electron chi connectivity index (χ4n) is 2.67. The van der Waals surface area contributed by atoms with E-state index in [0.29, 0.717) is 12.1 Å². The summed E-state index contributed by atoms with van der Waals surface area (Å²) in [5, 5.41) is 4.94. The third kappa shape index (κ3) is 4.30. The van der Waals surface area contributed by atoms with Gasteiger partial charge in [0.1, 0.15) is 0 Å². The highest BCUT2D eigenvalue weighted by molar-refractivity contribution is 7.10. The molecule has 0 unspecified atom stereocenters. The van der Waals surface area contributed by atoms with E-state index in [4.69, 9.17) is 0 Å². The minimum Gasteiger partial charge on any atom is -0.338 e. The maximum absolute atomic E-state index is 12.1. The van der Waals surface area contributed by atoms with E-state index in [1.165, 1.54) is 10.4 Å². The summed E-state index contributed by atoms with van der Waals surface area (Å²) in [6.45, 7) is 5.98. The van der Waals surface area contributed by atoms with Gasteiger partial charge >= 0.3 is 0 Å². The Kier molecular flexibility index (Phi) is 5.42. The summed E-state index contributed by atoms with van der Waals surface area (Å²) in [5.41, 5.74) is 1.91. The molecule has 24 heavy (non-hydrogen) atoms. The minimum absolute atomic E-state index is 0.00116. The summed E-state index contributed by atoms with van der Waals surface area (Å²) in [4.78, 5) is 26.6. The second-order valence-electron chi connectivity index (χ2n) is 6.14. The molecular formula is C17H23N5OS. The average molecular weight is 345 g/mol. The maximum atomic E-state index is 12.1. The van der Waals surface area contributed by atoms with Gasteiger partial charge < -0.3 is 15.1 Å². The van der Waals surface area contributed by atoms with Crippen molar-refractivity contribution in [1.29, 1.82) is 0 Å². The SMILES string of the molecule is Cc1ccsc1CCC(=O)Nc1cnc(N2CCN(C)CC2)nc1. The number of aryl methyl sites for hydroxylation is 2. The van der Waals surface area contributed by atoms with Crippen LogP contribution in [0.15, 0.2) is 23.8 Å². The van der Waals surface area contributed by atoms with Gasteiger partial charge in [-0.3, -0.25) is 4.79 Å². The van der Waals surface area contributed by atoms with Gasteiger partial charge in [0.25, 0.3) is 0 Å². The van der Waals surface area contributed by atoms with Crippen molar-refractivity contribution in [2.75, 3.05) is 43.4 Å². The van der Waals surface area contributed by atoms with Crippen LogP contribution < -0.4 is 10.2 Å². The number of aromatic nitrogens is 2.